The van der Waals surface area contributed by atoms with Crippen LogP contribution in [0.1, 0.15) is 26.3 Å². The number of likely N-dealkylation sites (N-methyl/N-ethyl adjacent to an activating group) is 1. The van der Waals surface area contributed by atoms with Crippen LogP contribution in [0, 0.1) is 0 Å². The van der Waals surface area contributed by atoms with E-state index >= 15 is 0 Å². The summed E-state index contributed by atoms with van der Waals surface area (Å²) in [6.45, 7) is 8.02. The third kappa shape index (κ3) is 4.13. The van der Waals surface area contributed by atoms with Gasteiger partial charge in [0.1, 0.15) is 0 Å². The van der Waals surface area contributed by atoms with E-state index in [1.54, 1.807) is 4.90 Å². The fourth-order valence-corrected chi connectivity index (χ4v) is 1.96. The SMILES string of the molecule is CCOc1cccc(CN)c1OCC(=O)N(CC)CC. The van der Waals surface area contributed by atoms with Crippen molar-refractivity contribution in [1.82, 2.24) is 4.90 Å². The van der Waals surface area contributed by atoms with Crippen LogP contribution in [-0.4, -0.2) is 37.1 Å². The van der Waals surface area contributed by atoms with Crippen molar-refractivity contribution in [3.05, 3.63) is 23.8 Å². The predicted molar refractivity (Wildman–Crippen MR) is 78.9 cm³/mol. The number of rotatable bonds is 8. The monoisotopic (exact) mass is 280 g/mol. The van der Waals surface area contributed by atoms with Crippen LogP contribution in [0.4, 0.5) is 0 Å². The van der Waals surface area contributed by atoms with Gasteiger partial charge >= 0.3 is 0 Å². The Balaban J connectivity index is 2.82. The van der Waals surface area contributed by atoms with Crippen LogP contribution in [0.3, 0.4) is 0 Å². The number of ether oxygens (including phenoxy) is 2. The number of carbonyl (C=O) groups excluding carboxylic acids is 1. The Hall–Kier alpha value is -1.75. The van der Waals surface area contributed by atoms with Crippen LogP contribution in [0.2, 0.25) is 0 Å². The topological polar surface area (TPSA) is 64.8 Å². The van der Waals surface area contributed by atoms with Gasteiger partial charge in [-0.25, -0.2) is 0 Å². The molecule has 2 N–H and O–H groups in total. The fraction of sp³-hybridized carbons (Fsp3) is 0.533. The van der Waals surface area contributed by atoms with E-state index < -0.39 is 0 Å². The molecule has 0 radical (unpaired) electrons. The minimum Gasteiger partial charge on any atom is -0.490 e. The molecule has 1 rings (SSSR count). The first-order valence-corrected chi connectivity index (χ1v) is 7.03. The first-order valence-electron chi connectivity index (χ1n) is 7.03. The summed E-state index contributed by atoms with van der Waals surface area (Å²) < 4.78 is 11.2. The van der Waals surface area contributed by atoms with Gasteiger partial charge in [0.05, 0.1) is 6.61 Å². The first kappa shape index (κ1) is 16.3. The molecule has 0 heterocycles. The molecule has 0 fully saturated rings. The summed E-state index contributed by atoms with van der Waals surface area (Å²) >= 11 is 0. The molecule has 0 saturated carbocycles. The minimum absolute atomic E-state index is 0.00122. The second-order valence-electron chi connectivity index (χ2n) is 4.24. The van der Waals surface area contributed by atoms with Crippen molar-refractivity contribution in [1.29, 1.82) is 0 Å². The highest BCUT2D eigenvalue weighted by atomic mass is 16.5. The van der Waals surface area contributed by atoms with E-state index in [1.165, 1.54) is 0 Å². The number of hydrogen-bond donors (Lipinski definition) is 1. The van der Waals surface area contributed by atoms with Crippen LogP contribution in [0.25, 0.3) is 0 Å². The zero-order chi connectivity index (χ0) is 15.0. The molecule has 5 nitrogen and oxygen atoms in total. The fourth-order valence-electron chi connectivity index (χ4n) is 1.96. The Morgan fingerprint density at radius 1 is 1.20 bits per heavy atom. The van der Waals surface area contributed by atoms with Crippen molar-refractivity contribution in [3.63, 3.8) is 0 Å². The highest BCUT2D eigenvalue weighted by Gasteiger charge is 2.14. The predicted octanol–water partition coefficient (Wildman–Crippen LogP) is 1.79. The molecule has 1 aromatic carbocycles. The van der Waals surface area contributed by atoms with Crippen molar-refractivity contribution in [2.45, 2.75) is 27.3 Å². The molecule has 1 amide bonds. The highest BCUT2D eigenvalue weighted by Crippen LogP contribution is 2.31. The Bertz CT molecular complexity index is 431. The molecule has 0 aliphatic heterocycles. The molecule has 20 heavy (non-hydrogen) atoms. The third-order valence-electron chi connectivity index (χ3n) is 3.04. The summed E-state index contributed by atoms with van der Waals surface area (Å²) in [6, 6.07) is 5.56. The largest absolute Gasteiger partial charge is 0.490 e. The Labute approximate surface area is 120 Å². The molecule has 0 atom stereocenters. The summed E-state index contributed by atoms with van der Waals surface area (Å²) in [7, 11) is 0. The van der Waals surface area contributed by atoms with Crippen LogP contribution in [-0.2, 0) is 11.3 Å². The van der Waals surface area contributed by atoms with Gasteiger partial charge in [0.15, 0.2) is 18.1 Å². The molecule has 0 spiro atoms. The summed E-state index contributed by atoms with van der Waals surface area (Å²) in [6.07, 6.45) is 0. The molecular formula is C15H24N2O3. The molecule has 0 aromatic heterocycles. The second-order valence-corrected chi connectivity index (χ2v) is 4.24. The molecule has 1 aromatic rings. The van der Waals surface area contributed by atoms with E-state index in [0.717, 1.165) is 5.56 Å². The average molecular weight is 280 g/mol. The molecule has 5 heteroatoms. The molecule has 0 aliphatic carbocycles. The van der Waals surface area contributed by atoms with Gasteiger partial charge in [0.2, 0.25) is 0 Å². The van der Waals surface area contributed by atoms with Gasteiger partial charge in [-0.1, -0.05) is 12.1 Å². The highest BCUT2D eigenvalue weighted by molar-refractivity contribution is 5.77. The number of para-hydroxylation sites is 1. The van der Waals surface area contributed by atoms with E-state index in [0.29, 0.717) is 37.7 Å². The maximum atomic E-state index is 12.0. The minimum atomic E-state index is -0.0377. The average Bonchev–Trinajstić information content (AvgIpc) is 2.47. The van der Waals surface area contributed by atoms with Crippen LogP contribution < -0.4 is 15.2 Å². The molecule has 0 bridgehead atoms. The lowest BCUT2D eigenvalue weighted by Crippen LogP contribution is -2.34. The van der Waals surface area contributed by atoms with Gasteiger partial charge in [-0.05, 0) is 26.8 Å². The van der Waals surface area contributed by atoms with Gasteiger partial charge in [-0.3, -0.25) is 4.79 Å². The number of amides is 1. The van der Waals surface area contributed by atoms with Crippen molar-refractivity contribution >= 4 is 5.91 Å². The summed E-state index contributed by atoms with van der Waals surface area (Å²) in [5, 5.41) is 0. The van der Waals surface area contributed by atoms with Gasteiger partial charge in [-0.15, -0.1) is 0 Å². The smallest absolute Gasteiger partial charge is 0.260 e. The Kier molecular flexibility index (Phi) is 6.87. The summed E-state index contributed by atoms with van der Waals surface area (Å²) in [5.74, 6) is 1.16. The summed E-state index contributed by atoms with van der Waals surface area (Å²) in [5.41, 5.74) is 6.54. The standard InChI is InChI=1S/C15H24N2O3/c1-4-17(5-2)14(18)11-20-15-12(10-16)8-7-9-13(15)19-6-3/h7-9H,4-6,10-11,16H2,1-3H3. The van der Waals surface area contributed by atoms with Crippen molar-refractivity contribution in [2.24, 2.45) is 5.73 Å². The zero-order valence-electron chi connectivity index (χ0n) is 12.5. The van der Waals surface area contributed by atoms with Gasteiger partial charge in [0, 0.05) is 25.2 Å². The molecule has 0 aliphatic rings. The lowest BCUT2D eigenvalue weighted by molar-refractivity contribution is -0.133. The van der Waals surface area contributed by atoms with Gasteiger partial charge < -0.3 is 20.1 Å². The normalized spacial score (nSPS) is 10.2. The molecular weight excluding hydrogens is 256 g/mol. The maximum absolute atomic E-state index is 12.0. The van der Waals surface area contributed by atoms with Crippen molar-refractivity contribution in [3.8, 4) is 11.5 Å². The van der Waals surface area contributed by atoms with Gasteiger partial charge in [0.25, 0.3) is 5.91 Å². The number of nitrogens with two attached hydrogens (primary N) is 1. The van der Waals surface area contributed by atoms with Crippen LogP contribution in [0.15, 0.2) is 18.2 Å². The van der Waals surface area contributed by atoms with Crippen molar-refractivity contribution in [2.75, 3.05) is 26.3 Å². The molecule has 0 unspecified atom stereocenters. The van der Waals surface area contributed by atoms with Crippen LogP contribution in [0.5, 0.6) is 11.5 Å². The lowest BCUT2D eigenvalue weighted by Gasteiger charge is -2.20. The second kappa shape index (κ2) is 8.43. The number of nitrogens with zero attached hydrogens (tertiary/aromatic N) is 1. The number of benzene rings is 1. The zero-order valence-corrected chi connectivity index (χ0v) is 12.5. The quantitative estimate of drug-likeness (QED) is 0.788. The van der Waals surface area contributed by atoms with E-state index in [9.17, 15) is 4.79 Å². The van der Waals surface area contributed by atoms with Crippen molar-refractivity contribution < 1.29 is 14.3 Å². The number of carbonyl (C=O) groups is 1. The van der Waals surface area contributed by atoms with E-state index in [2.05, 4.69) is 0 Å². The third-order valence-corrected chi connectivity index (χ3v) is 3.04. The lowest BCUT2D eigenvalue weighted by atomic mass is 10.2. The maximum Gasteiger partial charge on any atom is 0.260 e. The number of hydrogen-bond acceptors (Lipinski definition) is 4. The van der Waals surface area contributed by atoms with E-state index in [-0.39, 0.29) is 12.5 Å². The molecule has 112 valence electrons. The molecule has 0 saturated heterocycles. The summed E-state index contributed by atoms with van der Waals surface area (Å²) in [4.78, 5) is 13.7. The van der Waals surface area contributed by atoms with Crippen LogP contribution >= 0.6 is 0 Å². The Morgan fingerprint density at radius 3 is 2.45 bits per heavy atom. The van der Waals surface area contributed by atoms with E-state index in [1.807, 2.05) is 39.0 Å². The first-order chi connectivity index (χ1) is 9.67. The Morgan fingerprint density at radius 2 is 1.90 bits per heavy atom. The van der Waals surface area contributed by atoms with Gasteiger partial charge in [-0.2, -0.15) is 0 Å². The van der Waals surface area contributed by atoms with E-state index in [4.69, 9.17) is 15.2 Å².